The summed E-state index contributed by atoms with van der Waals surface area (Å²) in [6.07, 6.45) is -4.82. The van der Waals surface area contributed by atoms with E-state index < -0.39 is 24.2 Å². The molecule has 78 valence electrons. The molecule has 1 fully saturated rings. The lowest BCUT2D eigenvalue weighted by Gasteiger charge is -2.21. The third-order valence-electron chi connectivity index (χ3n) is 2.37. The Labute approximate surface area is 75.3 Å². The molecule has 0 radical (unpaired) electrons. The van der Waals surface area contributed by atoms with Crippen LogP contribution in [0.5, 0.6) is 0 Å². The van der Waals surface area contributed by atoms with E-state index >= 15 is 0 Å². The van der Waals surface area contributed by atoms with Crippen LogP contribution in [0.2, 0.25) is 0 Å². The zero-order chi connectivity index (χ0) is 10.3. The Morgan fingerprint density at radius 2 is 2.00 bits per heavy atom. The largest absolute Gasteiger partial charge is 0.401 e. The van der Waals surface area contributed by atoms with Gasteiger partial charge in [-0.2, -0.15) is 13.2 Å². The van der Waals surface area contributed by atoms with Gasteiger partial charge in [0.1, 0.15) is 0 Å². The van der Waals surface area contributed by atoms with Gasteiger partial charge in [0, 0.05) is 18.5 Å². The van der Waals surface area contributed by atoms with Crippen molar-refractivity contribution in [2.75, 3.05) is 19.6 Å². The molecule has 0 spiro atoms. The Morgan fingerprint density at radius 1 is 1.46 bits per heavy atom. The van der Waals surface area contributed by atoms with Crippen LogP contribution >= 0.6 is 0 Å². The van der Waals surface area contributed by atoms with Gasteiger partial charge in [-0.15, -0.1) is 0 Å². The summed E-state index contributed by atoms with van der Waals surface area (Å²) in [5.41, 5.74) is -0.425. The van der Waals surface area contributed by atoms with Gasteiger partial charge in [0.2, 0.25) is 0 Å². The minimum atomic E-state index is -4.17. The molecule has 1 N–H and O–H groups in total. The van der Waals surface area contributed by atoms with E-state index in [1.165, 1.54) is 4.90 Å². The molecular weight excluding hydrogens is 183 g/mol. The van der Waals surface area contributed by atoms with E-state index in [0.717, 1.165) is 0 Å². The molecule has 13 heavy (non-hydrogen) atoms. The number of alkyl halides is 3. The van der Waals surface area contributed by atoms with E-state index in [-0.39, 0.29) is 6.54 Å². The van der Waals surface area contributed by atoms with Crippen LogP contribution < -0.4 is 0 Å². The van der Waals surface area contributed by atoms with Crippen LogP contribution in [0.4, 0.5) is 13.2 Å². The molecule has 0 amide bonds. The first-order chi connectivity index (χ1) is 5.71. The second-order valence-corrected chi connectivity index (χ2v) is 4.29. The summed E-state index contributed by atoms with van der Waals surface area (Å²) in [7, 11) is 0. The third-order valence-corrected chi connectivity index (χ3v) is 2.37. The zero-order valence-corrected chi connectivity index (χ0v) is 7.73. The van der Waals surface area contributed by atoms with Crippen molar-refractivity contribution in [3.05, 3.63) is 0 Å². The van der Waals surface area contributed by atoms with E-state index in [1.54, 1.807) is 13.8 Å². The van der Waals surface area contributed by atoms with Crippen LogP contribution in [-0.2, 0) is 0 Å². The summed E-state index contributed by atoms with van der Waals surface area (Å²) in [6.45, 7) is 3.04. The molecule has 0 saturated carbocycles. The highest BCUT2D eigenvalue weighted by Crippen LogP contribution is 2.31. The molecule has 1 unspecified atom stereocenters. The maximum absolute atomic E-state index is 12.0. The average molecular weight is 197 g/mol. The molecule has 2 nitrogen and oxygen atoms in total. The highest BCUT2D eigenvalue weighted by atomic mass is 19.4. The summed E-state index contributed by atoms with van der Waals surface area (Å²) in [6, 6.07) is 0. The minimum Gasteiger partial charge on any atom is -0.391 e. The van der Waals surface area contributed by atoms with Crippen LogP contribution in [0, 0.1) is 5.41 Å². The number of hydrogen-bond donors (Lipinski definition) is 1. The monoisotopic (exact) mass is 197 g/mol. The van der Waals surface area contributed by atoms with Crippen molar-refractivity contribution in [3.63, 3.8) is 0 Å². The smallest absolute Gasteiger partial charge is 0.391 e. The summed E-state index contributed by atoms with van der Waals surface area (Å²) in [5.74, 6) is 0. The number of β-amino-alcohol motifs (C(OH)–C–C–N with tert-alkyl or cyclic N) is 1. The van der Waals surface area contributed by atoms with Gasteiger partial charge in [0.05, 0.1) is 12.6 Å². The number of rotatable bonds is 1. The van der Waals surface area contributed by atoms with Gasteiger partial charge in [-0.25, -0.2) is 0 Å². The zero-order valence-electron chi connectivity index (χ0n) is 7.73. The standard InChI is InChI=1S/C8H14F3NO/c1-7(2)4-12(3-6(7)13)5-8(9,10)11/h6,13H,3-5H2,1-2H3. The van der Waals surface area contributed by atoms with E-state index in [2.05, 4.69) is 0 Å². The van der Waals surface area contributed by atoms with Gasteiger partial charge in [0.25, 0.3) is 0 Å². The van der Waals surface area contributed by atoms with Crippen molar-refractivity contribution < 1.29 is 18.3 Å². The van der Waals surface area contributed by atoms with Crippen molar-refractivity contribution in [2.24, 2.45) is 5.41 Å². The van der Waals surface area contributed by atoms with E-state index in [0.29, 0.717) is 6.54 Å². The minimum absolute atomic E-state index is 0.118. The predicted molar refractivity (Wildman–Crippen MR) is 42.3 cm³/mol. The van der Waals surface area contributed by atoms with E-state index in [1.807, 2.05) is 0 Å². The van der Waals surface area contributed by atoms with E-state index in [4.69, 9.17) is 0 Å². The molecule has 5 heteroatoms. The number of likely N-dealkylation sites (tertiary alicyclic amines) is 1. The molecule has 0 aromatic rings. The lowest BCUT2D eigenvalue weighted by molar-refractivity contribution is -0.144. The number of aliphatic hydroxyl groups excluding tert-OH is 1. The molecule has 1 rings (SSSR count). The van der Waals surface area contributed by atoms with Crippen molar-refractivity contribution in [1.29, 1.82) is 0 Å². The summed E-state index contributed by atoms with van der Waals surface area (Å²) in [4.78, 5) is 1.24. The number of halogens is 3. The molecule has 0 aromatic carbocycles. The fourth-order valence-electron chi connectivity index (χ4n) is 1.61. The first-order valence-corrected chi connectivity index (χ1v) is 4.18. The van der Waals surface area contributed by atoms with Crippen LogP contribution in [0.15, 0.2) is 0 Å². The fraction of sp³-hybridized carbons (Fsp3) is 1.00. The Kier molecular flexibility index (Phi) is 2.60. The van der Waals surface area contributed by atoms with Gasteiger partial charge >= 0.3 is 6.18 Å². The van der Waals surface area contributed by atoms with Crippen LogP contribution in [0.25, 0.3) is 0 Å². The highest BCUT2D eigenvalue weighted by molar-refractivity contribution is 4.91. The summed E-state index contributed by atoms with van der Waals surface area (Å²) < 4.78 is 35.9. The SMILES string of the molecule is CC1(C)CN(CC(F)(F)F)CC1O. The number of nitrogens with zero attached hydrogens (tertiary/aromatic N) is 1. The van der Waals surface area contributed by atoms with Gasteiger partial charge in [0.15, 0.2) is 0 Å². The maximum Gasteiger partial charge on any atom is 0.401 e. The molecule has 1 aliphatic heterocycles. The summed E-state index contributed by atoms with van der Waals surface area (Å²) >= 11 is 0. The lowest BCUT2D eigenvalue weighted by Crippen LogP contribution is -2.33. The van der Waals surface area contributed by atoms with Gasteiger partial charge < -0.3 is 5.11 Å². The molecule has 1 heterocycles. The van der Waals surface area contributed by atoms with E-state index in [9.17, 15) is 18.3 Å². The molecule has 1 aliphatic rings. The Morgan fingerprint density at radius 3 is 2.31 bits per heavy atom. The first kappa shape index (κ1) is 10.8. The molecule has 0 aromatic heterocycles. The van der Waals surface area contributed by atoms with Crippen molar-refractivity contribution in [2.45, 2.75) is 26.1 Å². The Hall–Kier alpha value is -0.290. The van der Waals surface area contributed by atoms with Crippen molar-refractivity contribution in [1.82, 2.24) is 4.90 Å². The van der Waals surface area contributed by atoms with Crippen molar-refractivity contribution in [3.8, 4) is 0 Å². The topological polar surface area (TPSA) is 23.5 Å². The summed E-state index contributed by atoms with van der Waals surface area (Å²) in [5, 5.41) is 9.42. The third kappa shape index (κ3) is 2.84. The van der Waals surface area contributed by atoms with Gasteiger partial charge in [-0.3, -0.25) is 4.90 Å². The molecule has 1 saturated heterocycles. The first-order valence-electron chi connectivity index (χ1n) is 4.18. The fourth-order valence-corrected chi connectivity index (χ4v) is 1.61. The second kappa shape index (κ2) is 3.13. The van der Waals surface area contributed by atoms with Gasteiger partial charge in [-0.1, -0.05) is 13.8 Å². The van der Waals surface area contributed by atoms with Crippen LogP contribution in [0.3, 0.4) is 0 Å². The van der Waals surface area contributed by atoms with Gasteiger partial charge in [-0.05, 0) is 0 Å². The molecule has 0 bridgehead atoms. The maximum atomic E-state index is 12.0. The predicted octanol–water partition coefficient (Wildman–Crippen LogP) is 1.25. The molecule has 0 aliphatic carbocycles. The Bertz CT molecular complexity index is 188. The van der Waals surface area contributed by atoms with Crippen molar-refractivity contribution >= 4 is 0 Å². The molecule has 1 atom stereocenters. The molecular formula is C8H14F3NO. The normalized spacial score (nSPS) is 29.5. The Balaban J connectivity index is 2.50. The lowest BCUT2D eigenvalue weighted by atomic mass is 9.90. The van der Waals surface area contributed by atoms with Crippen LogP contribution in [-0.4, -0.2) is 41.9 Å². The average Bonchev–Trinajstić information content (AvgIpc) is 2.01. The van der Waals surface area contributed by atoms with Crippen LogP contribution in [0.1, 0.15) is 13.8 Å². The number of aliphatic hydroxyl groups is 1. The number of hydrogen-bond acceptors (Lipinski definition) is 2. The second-order valence-electron chi connectivity index (χ2n) is 4.29. The quantitative estimate of drug-likeness (QED) is 0.684. The highest BCUT2D eigenvalue weighted by Gasteiger charge is 2.42.